The Balaban J connectivity index is 1.72. The van der Waals surface area contributed by atoms with Crippen LogP contribution in [0.1, 0.15) is 53.2 Å². The van der Waals surface area contributed by atoms with E-state index >= 15 is 0 Å². The fourth-order valence-corrected chi connectivity index (χ4v) is 3.75. The lowest BCUT2D eigenvalue weighted by molar-refractivity contribution is -0.000339. The molecule has 0 radical (unpaired) electrons. The molecule has 2 unspecified atom stereocenters. The van der Waals surface area contributed by atoms with Crippen LogP contribution in [-0.2, 0) is 11.2 Å². The quantitative estimate of drug-likeness (QED) is 0.718. The largest absolute Gasteiger partial charge is 0.458 e. The van der Waals surface area contributed by atoms with Gasteiger partial charge in [0.1, 0.15) is 6.10 Å². The molecule has 1 fully saturated rings. The fourth-order valence-electron chi connectivity index (χ4n) is 3.75. The first-order valence-electron chi connectivity index (χ1n) is 8.79. The zero-order valence-corrected chi connectivity index (χ0v) is 14.8. The minimum absolute atomic E-state index is 0.00758. The molecule has 0 spiro atoms. The number of ether oxygens (including phenoxy) is 1. The fraction of sp³-hybridized carbons (Fsp3) is 0.409. The average Bonchev–Trinajstić information content (AvgIpc) is 2.90. The molecule has 1 aliphatic rings. The summed E-state index contributed by atoms with van der Waals surface area (Å²) in [5, 5.41) is 0. The molecule has 126 valence electrons. The number of hydrogen-bond donors (Lipinski definition) is 0. The third kappa shape index (κ3) is 3.69. The second-order valence-electron chi connectivity index (χ2n) is 7.47. The molecule has 2 heteroatoms. The van der Waals surface area contributed by atoms with Crippen molar-refractivity contribution in [1.82, 2.24) is 0 Å². The van der Waals surface area contributed by atoms with Gasteiger partial charge in [-0.15, -0.1) is 0 Å². The molecule has 0 amide bonds. The Kier molecular flexibility index (Phi) is 4.75. The standard InChI is InChI=1S/C22H26O2/c1-16-9-11-18(12-10-16)15-22(3)13-5-8-20(22)24-21(23)19-7-4-6-17(2)14-19/h4,6-7,9-12,14,20H,5,8,13,15H2,1-3H3. The van der Waals surface area contributed by atoms with Crippen molar-refractivity contribution in [3.63, 3.8) is 0 Å². The third-order valence-corrected chi connectivity index (χ3v) is 5.22. The molecular formula is C22H26O2. The van der Waals surface area contributed by atoms with Gasteiger partial charge in [-0.05, 0) is 57.2 Å². The lowest BCUT2D eigenvalue weighted by atomic mass is 9.80. The molecule has 0 saturated heterocycles. The second kappa shape index (κ2) is 6.80. The number of rotatable bonds is 4. The van der Waals surface area contributed by atoms with Gasteiger partial charge in [-0.3, -0.25) is 0 Å². The van der Waals surface area contributed by atoms with Crippen LogP contribution in [0.2, 0.25) is 0 Å². The van der Waals surface area contributed by atoms with Crippen molar-refractivity contribution in [2.75, 3.05) is 0 Å². The van der Waals surface area contributed by atoms with Crippen LogP contribution < -0.4 is 0 Å². The molecule has 0 bridgehead atoms. The van der Waals surface area contributed by atoms with Crippen molar-refractivity contribution in [2.45, 2.75) is 52.6 Å². The molecule has 24 heavy (non-hydrogen) atoms. The maximum atomic E-state index is 12.5. The van der Waals surface area contributed by atoms with E-state index in [0.29, 0.717) is 5.56 Å². The van der Waals surface area contributed by atoms with Crippen LogP contribution in [0.4, 0.5) is 0 Å². The molecule has 2 nitrogen and oxygen atoms in total. The summed E-state index contributed by atoms with van der Waals surface area (Å²) in [7, 11) is 0. The lowest BCUT2D eigenvalue weighted by Gasteiger charge is -2.31. The highest BCUT2D eigenvalue weighted by Crippen LogP contribution is 2.43. The molecule has 0 aromatic heterocycles. The summed E-state index contributed by atoms with van der Waals surface area (Å²) in [6, 6.07) is 16.3. The second-order valence-corrected chi connectivity index (χ2v) is 7.47. The van der Waals surface area contributed by atoms with Gasteiger partial charge in [0.05, 0.1) is 5.56 Å². The van der Waals surface area contributed by atoms with E-state index in [0.717, 1.165) is 31.2 Å². The normalized spacial score (nSPS) is 23.2. The van der Waals surface area contributed by atoms with Gasteiger partial charge in [0.25, 0.3) is 0 Å². The first kappa shape index (κ1) is 16.8. The van der Waals surface area contributed by atoms with E-state index in [1.165, 1.54) is 11.1 Å². The summed E-state index contributed by atoms with van der Waals surface area (Å²) in [4.78, 5) is 12.5. The number of aryl methyl sites for hydroxylation is 2. The van der Waals surface area contributed by atoms with Crippen LogP contribution in [0.25, 0.3) is 0 Å². The summed E-state index contributed by atoms with van der Waals surface area (Å²) >= 11 is 0. The highest BCUT2D eigenvalue weighted by Gasteiger charge is 2.41. The van der Waals surface area contributed by atoms with E-state index in [1.54, 1.807) is 0 Å². The van der Waals surface area contributed by atoms with Gasteiger partial charge in [0.2, 0.25) is 0 Å². The molecular weight excluding hydrogens is 296 g/mol. The van der Waals surface area contributed by atoms with E-state index < -0.39 is 0 Å². The Hall–Kier alpha value is -2.09. The van der Waals surface area contributed by atoms with Crippen LogP contribution in [0.15, 0.2) is 48.5 Å². The summed E-state index contributed by atoms with van der Waals surface area (Å²) in [5.41, 5.74) is 4.35. The van der Waals surface area contributed by atoms with Crippen molar-refractivity contribution in [3.8, 4) is 0 Å². The molecule has 1 aliphatic carbocycles. The van der Waals surface area contributed by atoms with Crippen LogP contribution in [-0.4, -0.2) is 12.1 Å². The molecule has 0 aliphatic heterocycles. The first-order chi connectivity index (χ1) is 11.5. The van der Waals surface area contributed by atoms with Crippen LogP contribution in [0.5, 0.6) is 0 Å². The minimum atomic E-state index is -0.194. The van der Waals surface area contributed by atoms with Crippen molar-refractivity contribution in [3.05, 3.63) is 70.8 Å². The monoisotopic (exact) mass is 322 g/mol. The van der Waals surface area contributed by atoms with Gasteiger partial charge in [0.15, 0.2) is 0 Å². The van der Waals surface area contributed by atoms with E-state index in [9.17, 15) is 4.79 Å². The Morgan fingerprint density at radius 3 is 2.58 bits per heavy atom. The molecule has 1 saturated carbocycles. The van der Waals surface area contributed by atoms with Gasteiger partial charge in [-0.1, -0.05) is 54.4 Å². The predicted octanol–water partition coefficient (Wildman–Crippen LogP) is 5.26. The van der Waals surface area contributed by atoms with Gasteiger partial charge < -0.3 is 4.74 Å². The molecule has 3 rings (SSSR count). The molecule has 2 aromatic carbocycles. The number of carbonyl (C=O) groups is 1. The highest BCUT2D eigenvalue weighted by molar-refractivity contribution is 5.89. The Labute approximate surface area is 144 Å². The maximum Gasteiger partial charge on any atom is 0.338 e. The lowest BCUT2D eigenvalue weighted by Crippen LogP contribution is -2.33. The topological polar surface area (TPSA) is 26.3 Å². The number of hydrogen-bond acceptors (Lipinski definition) is 2. The summed E-state index contributed by atoms with van der Waals surface area (Å²) < 4.78 is 5.93. The van der Waals surface area contributed by atoms with Crippen molar-refractivity contribution in [1.29, 1.82) is 0 Å². The molecule has 0 N–H and O–H groups in total. The van der Waals surface area contributed by atoms with E-state index in [4.69, 9.17) is 4.74 Å². The number of benzene rings is 2. The van der Waals surface area contributed by atoms with Gasteiger partial charge in [-0.2, -0.15) is 0 Å². The Morgan fingerprint density at radius 2 is 1.88 bits per heavy atom. The van der Waals surface area contributed by atoms with Gasteiger partial charge in [0, 0.05) is 5.41 Å². The summed E-state index contributed by atoms with van der Waals surface area (Å²) in [6.07, 6.45) is 4.13. The van der Waals surface area contributed by atoms with E-state index in [-0.39, 0.29) is 17.5 Å². The van der Waals surface area contributed by atoms with Crippen LogP contribution in [0.3, 0.4) is 0 Å². The smallest absolute Gasteiger partial charge is 0.338 e. The predicted molar refractivity (Wildman–Crippen MR) is 97.2 cm³/mol. The number of esters is 1. The summed E-state index contributed by atoms with van der Waals surface area (Å²) in [6.45, 7) is 6.36. The van der Waals surface area contributed by atoms with Crippen LogP contribution >= 0.6 is 0 Å². The van der Waals surface area contributed by atoms with Crippen molar-refractivity contribution >= 4 is 5.97 Å². The van der Waals surface area contributed by atoms with E-state index in [1.807, 2.05) is 31.2 Å². The van der Waals surface area contributed by atoms with Gasteiger partial charge in [-0.25, -0.2) is 4.79 Å². The van der Waals surface area contributed by atoms with E-state index in [2.05, 4.69) is 38.1 Å². The maximum absolute atomic E-state index is 12.5. The zero-order chi connectivity index (χ0) is 17.2. The minimum Gasteiger partial charge on any atom is -0.458 e. The highest BCUT2D eigenvalue weighted by atomic mass is 16.5. The molecule has 0 heterocycles. The molecule has 2 aromatic rings. The van der Waals surface area contributed by atoms with Gasteiger partial charge >= 0.3 is 5.97 Å². The van der Waals surface area contributed by atoms with Crippen molar-refractivity contribution in [2.24, 2.45) is 5.41 Å². The first-order valence-corrected chi connectivity index (χ1v) is 8.79. The zero-order valence-electron chi connectivity index (χ0n) is 14.8. The van der Waals surface area contributed by atoms with Crippen molar-refractivity contribution < 1.29 is 9.53 Å². The summed E-state index contributed by atoms with van der Waals surface area (Å²) in [5.74, 6) is -0.194. The Bertz CT molecular complexity index is 717. The Morgan fingerprint density at radius 1 is 1.12 bits per heavy atom. The SMILES string of the molecule is Cc1ccc(CC2(C)CCCC2OC(=O)c2cccc(C)c2)cc1. The number of carbonyl (C=O) groups excluding carboxylic acids is 1. The van der Waals surface area contributed by atoms with Crippen LogP contribution in [0, 0.1) is 19.3 Å². The third-order valence-electron chi connectivity index (χ3n) is 5.22. The molecule has 2 atom stereocenters. The average molecular weight is 322 g/mol.